The average molecular weight is 351 g/mol. The van der Waals surface area contributed by atoms with Gasteiger partial charge in [0.25, 0.3) is 0 Å². The Morgan fingerprint density at radius 1 is 0.609 bits per heavy atom. The SMILES string of the molecule is C[Si](C)(Oc1ccc(O)cc1)O[Si](C)(C)Oc1ccc(O)cc1. The Balaban J connectivity index is 2.02. The van der Waals surface area contributed by atoms with E-state index in [1.165, 1.54) is 0 Å². The summed E-state index contributed by atoms with van der Waals surface area (Å²) < 4.78 is 18.1. The topological polar surface area (TPSA) is 68.2 Å². The van der Waals surface area contributed by atoms with Crippen LogP contribution in [0.4, 0.5) is 0 Å². The molecule has 0 aliphatic rings. The molecule has 0 saturated heterocycles. The van der Waals surface area contributed by atoms with Gasteiger partial charge < -0.3 is 23.2 Å². The maximum atomic E-state index is 9.32. The van der Waals surface area contributed by atoms with E-state index in [0.29, 0.717) is 11.5 Å². The molecule has 0 unspecified atom stereocenters. The monoisotopic (exact) mass is 350 g/mol. The van der Waals surface area contributed by atoms with Crippen molar-refractivity contribution in [2.75, 3.05) is 0 Å². The third-order valence-electron chi connectivity index (χ3n) is 2.89. The molecule has 2 aromatic rings. The van der Waals surface area contributed by atoms with Crippen molar-refractivity contribution in [3.05, 3.63) is 48.5 Å². The maximum absolute atomic E-state index is 9.32. The number of aromatic hydroxyl groups is 2. The molecule has 0 aliphatic heterocycles. The number of phenols is 2. The Morgan fingerprint density at radius 3 is 1.22 bits per heavy atom. The van der Waals surface area contributed by atoms with Crippen LogP contribution in [0.2, 0.25) is 26.2 Å². The van der Waals surface area contributed by atoms with E-state index in [1.54, 1.807) is 48.5 Å². The summed E-state index contributed by atoms with van der Waals surface area (Å²) in [5.74, 6) is 1.72. The molecule has 0 bridgehead atoms. The van der Waals surface area contributed by atoms with Crippen LogP contribution in [0.3, 0.4) is 0 Å². The number of benzene rings is 2. The fourth-order valence-electron chi connectivity index (χ4n) is 2.23. The van der Waals surface area contributed by atoms with Crippen LogP contribution in [0, 0.1) is 0 Å². The standard InChI is InChI=1S/C16H22O5Si2/c1-22(2,19-15-9-5-13(17)6-10-15)21-23(3,4)20-16-11-7-14(18)8-12-16/h5-12,17-18H,1-4H3. The highest BCUT2D eigenvalue weighted by Crippen LogP contribution is 2.25. The first-order chi connectivity index (χ1) is 10.7. The van der Waals surface area contributed by atoms with E-state index in [1.807, 2.05) is 26.2 Å². The third kappa shape index (κ3) is 5.62. The van der Waals surface area contributed by atoms with Gasteiger partial charge in [0, 0.05) is 0 Å². The highest BCUT2D eigenvalue weighted by Gasteiger charge is 2.39. The predicted molar refractivity (Wildman–Crippen MR) is 93.5 cm³/mol. The van der Waals surface area contributed by atoms with Crippen LogP contribution in [0.25, 0.3) is 0 Å². The zero-order chi connectivity index (χ0) is 17.1. The Bertz CT molecular complexity index is 581. The van der Waals surface area contributed by atoms with Gasteiger partial charge in [-0.3, -0.25) is 0 Å². The molecule has 2 rings (SSSR count). The van der Waals surface area contributed by atoms with Crippen LogP contribution in [-0.2, 0) is 4.12 Å². The van der Waals surface area contributed by atoms with Gasteiger partial charge in [-0.1, -0.05) is 0 Å². The van der Waals surface area contributed by atoms with E-state index in [2.05, 4.69) is 0 Å². The second-order valence-electron chi connectivity index (χ2n) is 6.09. The Kier molecular flexibility index (Phi) is 5.03. The van der Waals surface area contributed by atoms with Gasteiger partial charge in [0.2, 0.25) is 0 Å². The average Bonchev–Trinajstić information content (AvgIpc) is 2.42. The molecule has 0 spiro atoms. The van der Waals surface area contributed by atoms with Crippen molar-refractivity contribution in [2.45, 2.75) is 26.2 Å². The number of hydrogen-bond acceptors (Lipinski definition) is 5. The Labute approximate surface area is 138 Å². The minimum atomic E-state index is -2.46. The summed E-state index contributed by atoms with van der Waals surface area (Å²) in [7, 11) is -4.91. The van der Waals surface area contributed by atoms with Crippen LogP contribution in [0.5, 0.6) is 23.0 Å². The Hall–Kier alpha value is -1.97. The van der Waals surface area contributed by atoms with Crippen molar-refractivity contribution in [3.8, 4) is 23.0 Å². The fourth-order valence-corrected chi connectivity index (χ4v) is 8.71. The molecular formula is C16H22O5Si2. The van der Waals surface area contributed by atoms with Crippen LogP contribution >= 0.6 is 0 Å². The highest BCUT2D eigenvalue weighted by molar-refractivity contribution is 6.79. The van der Waals surface area contributed by atoms with Crippen LogP contribution in [0.15, 0.2) is 48.5 Å². The minimum Gasteiger partial charge on any atom is -0.521 e. The fraction of sp³-hybridized carbons (Fsp3) is 0.250. The Morgan fingerprint density at radius 2 is 0.913 bits per heavy atom. The zero-order valence-electron chi connectivity index (χ0n) is 13.7. The van der Waals surface area contributed by atoms with Gasteiger partial charge in [-0.25, -0.2) is 0 Å². The normalized spacial score (nSPS) is 12.0. The summed E-state index contributed by atoms with van der Waals surface area (Å²) in [6.07, 6.45) is 0. The second kappa shape index (κ2) is 6.65. The first-order valence-corrected chi connectivity index (χ1v) is 12.9. The van der Waals surface area contributed by atoms with Crippen molar-refractivity contribution in [3.63, 3.8) is 0 Å². The molecule has 23 heavy (non-hydrogen) atoms. The molecule has 0 atom stereocenters. The molecule has 5 nitrogen and oxygen atoms in total. The minimum absolute atomic E-state index is 0.197. The zero-order valence-corrected chi connectivity index (χ0v) is 15.7. The lowest BCUT2D eigenvalue weighted by Gasteiger charge is -2.33. The van der Waals surface area contributed by atoms with Gasteiger partial charge in [-0.2, -0.15) is 0 Å². The van der Waals surface area contributed by atoms with Crippen molar-refractivity contribution in [2.24, 2.45) is 0 Å². The van der Waals surface area contributed by atoms with E-state index in [4.69, 9.17) is 13.0 Å². The van der Waals surface area contributed by atoms with E-state index >= 15 is 0 Å². The first-order valence-electron chi connectivity index (χ1n) is 7.31. The van der Waals surface area contributed by atoms with Crippen molar-refractivity contribution < 1.29 is 23.2 Å². The first kappa shape index (κ1) is 17.4. The van der Waals surface area contributed by atoms with Crippen LogP contribution in [-0.4, -0.2) is 27.3 Å². The van der Waals surface area contributed by atoms with Crippen molar-refractivity contribution in [1.82, 2.24) is 0 Å². The molecule has 0 aromatic heterocycles. The summed E-state index contributed by atoms with van der Waals surface area (Å²) >= 11 is 0. The van der Waals surface area contributed by atoms with Gasteiger partial charge in [-0.05, 0) is 74.7 Å². The van der Waals surface area contributed by atoms with Gasteiger partial charge in [0.15, 0.2) is 0 Å². The quantitative estimate of drug-likeness (QED) is 0.771. The lowest BCUT2D eigenvalue weighted by Crippen LogP contribution is -2.52. The van der Waals surface area contributed by atoms with Gasteiger partial charge in [0.1, 0.15) is 23.0 Å². The number of hydrogen-bond donors (Lipinski definition) is 2. The predicted octanol–water partition coefficient (Wildman–Crippen LogP) is 3.98. The summed E-state index contributed by atoms with van der Waals surface area (Å²) in [5.41, 5.74) is 0. The summed E-state index contributed by atoms with van der Waals surface area (Å²) in [6.45, 7) is 7.81. The smallest absolute Gasteiger partial charge is 0.384 e. The largest absolute Gasteiger partial charge is 0.521 e. The van der Waals surface area contributed by atoms with Gasteiger partial charge in [0.05, 0.1) is 0 Å². The maximum Gasteiger partial charge on any atom is 0.384 e. The summed E-state index contributed by atoms with van der Waals surface area (Å²) in [6, 6.07) is 13.2. The van der Waals surface area contributed by atoms with E-state index in [0.717, 1.165) is 0 Å². The molecule has 2 aromatic carbocycles. The van der Waals surface area contributed by atoms with Gasteiger partial charge in [-0.15, -0.1) is 0 Å². The van der Waals surface area contributed by atoms with Crippen molar-refractivity contribution >= 4 is 17.1 Å². The molecule has 0 heterocycles. The van der Waals surface area contributed by atoms with Crippen LogP contribution < -0.4 is 8.85 Å². The molecule has 0 amide bonds. The molecule has 2 N–H and O–H groups in total. The molecule has 0 fully saturated rings. The van der Waals surface area contributed by atoms with E-state index in [9.17, 15) is 10.2 Å². The van der Waals surface area contributed by atoms with Crippen molar-refractivity contribution in [1.29, 1.82) is 0 Å². The molecule has 0 saturated carbocycles. The lowest BCUT2D eigenvalue weighted by molar-refractivity contribution is 0.333. The molecule has 0 aliphatic carbocycles. The van der Waals surface area contributed by atoms with Crippen LogP contribution in [0.1, 0.15) is 0 Å². The second-order valence-corrected chi connectivity index (χ2v) is 12.9. The third-order valence-corrected chi connectivity index (χ3v) is 8.28. The number of rotatable bonds is 6. The van der Waals surface area contributed by atoms with E-state index < -0.39 is 17.1 Å². The molecular weight excluding hydrogens is 328 g/mol. The van der Waals surface area contributed by atoms with Gasteiger partial charge >= 0.3 is 17.1 Å². The lowest BCUT2D eigenvalue weighted by atomic mass is 10.3. The molecule has 124 valence electrons. The molecule has 0 radical (unpaired) electrons. The molecule has 7 heteroatoms. The highest BCUT2D eigenvalue weighted by atomic mass is 28.5. The summed E-state index contributed by atoms with van der Waals surface area (Å²) in [4.78, 5) is 0. The number of phenolic OH excluding ortho intramolecular Hbond substituents is 2. The summed E-state index contributed by atoms with van der Waals surface area (Å²) in [5, 5.41) is 18.6. The van der Waals surface area contributed by atoms with E-state index in [-0.39, 0.29) is 11.5 Å².